The van der Waals surface area contributed by atoms with Crippen LogP contribution in [0.15, 0.2) is 30.5 Å². The van der Waals surface area contributed by atoms with Crippen molar-refractivity contribution in [3.63, 3.8) is 0 Å². The number of nitrogens with zero attached hydrogens (tertiary/aromatic N) is 1. The first-order chi connectivity index (χ1) is 7.66. The van der Waals surface area contributed by atoms with Crippen molar-refractivity contribution in [3.8, 4) is 5.88 Å². The summed E-state index contributed by atoms with van der Waals surface area (Å²) < 4.78 is 28.7. The van der Waals surface area contributed by atoms with E-state index in [0.717, 1.165) is 10.8 Å². The highest BCUT2D eigenvalue weighted by molar-refractivity contribution is 6.35. The minimum absolute atomic E-state index is 0.154. The SMILES string of the molecule is FC(F)COc1cc2c(Cl)cccc2cn1. The maximum atomic E-state index is 11.9. The monoisotopic (exact) mass is 243 g/mol. The van der Waals surface area contributed by atoms with Crippen molar-refractivity contribution in [1.29, 1.82) is 0 Å². The van der Waals surface area contributed by atoms with Crippen molar-refractivity contribution < 1.29 is 13.5 Å². The van der Waals surface area contributed by atoms with Crippen LogP contribution in [0.2, 0.25) is 5.02 Å². The molecule has 0 spiro atoms. The van der Waals surface area contributed by atoms with Crippen LogP contribution in [-0.4, -0.2) is 18.0 Å². The molecule has 2 aromatic rings. The van der Waals surface area contributed by atoms with E-state index in [-0.39, 0.29) is 5.88 Å². The number of alkyl halides is 2. The van der Waals surface area contributed by atoms with Gasteiger partial charge in [-0.25, -0.2) is 13.8 Å². The fourth-order valence-corrected chi connectivity index (χ4v) is 1.58. The topological polar surface area (TPSA) is 22.1 Å². The largest absolute Gasteiger partial charge is 0.472 e. The fraction of sp³-hybridized carbons (Fsp3) is 0.182. The molecule has 1 heterocycles. The summed E-state index contributed by atoms with van der Waals surface area (Å²) in [6.07, 6.45) is -0.967. The Balaban J connectivity index is 2.32. The van der Waals surface area contributed by atoms with E-state index >= 15 is 0 Å². The number of hydrogen-bond acceptors (Lipinski definition) is 2. The summed E-state index contributed by atoms with van der Waals surface area (Å²) in [7, 11) is 0. The predicted octanol–water partition coefficient (Wildman–Crippen LogP) is 3.53. The minimum Gasteiger partial charge on any atom is -0.472 e. The molecule has 1 aromatic carbocycles. The van der Waals surface area contributed by atoms with Gasteiger partial charge in [-0.15, -0.1) is 0 Å². The van der Waals surface area contributed by atoms with E-state index in [1.165, 1.54) is 0 Å². The molecule has 0 amide bonds. The van der Waals surface area contributed by atoms with Crippen molar-refractivity contribution in [3.05, 3.63) is 35.5 Å². The number of rotatable bonds is 3. The summed E-state index contributed by atoms with van der Waals surface area (Å²) in [4.78, 5) is 3.91. The third-order valence-electron chi connectivity index (χ3n) is 2.04. The average Bonchev–Trinajstić information content (AvgIpc) is 2.27. The van der Waals surface area contributed by atoms with Crippen LogP contribution >= 0.6 is 11.6 Å². The van der Waals surface area contributed by atoms with Crippen molar-refractivity contribution in [2.45, 2.75) is 6.43 Å². The molecule has 0 saturated heterocycles. The fourth-order valence-electron chi connectivity index (χ4n) is 1.34. The predicted molar refractivity (Wildman–Crippen MR) is 58.3 cm³/mol. The second-order valence-electron chi connectivity index (χ2n) is 3.19. The van der Waals surface area contributed by atoms with Gasteiger partial charge in [-0.2, -0.15) is 0 Å². The van der Waals surface area contributed by atoms with Crippen molar-refractivity contribution in [2.24, 2.45) is 0 Å². The summed E-state index contributed by atoms with van der Waals surface area (Å²) in [5, 5.41) is 2.13. The summed E-state index contributed by atoms with van der Waals surface area (Å²) in [6, 6.07) is 6.91. The van der Waals surface area contributed by atoms with Gasteiger partial charge in [0.2, 0.25) is 5.88 Å². The molecule has 16 heavy (non-hydrogen) atoms. The van der Waals surface area contributed by atoms with Crippen LogP contribution in [0.4, 0.5) is 8.78 Å². The first-order valence-electron chi connectivity index (χ1n) is 4.62. The highest BCUT2D eigenvalue weighted by atomic mass is 35.5. The Labute approximate surface area is 95.8 Å². The molecule has 0 fully saturated rings. The smallest absolute Gasteiger partial charge is 0.272 e. The molecule has 0 N–H and O–H groups in total. The van der Waals surface area contributed by atoms with Crippen molar-refractivity contribution in [1.82, 2.24) is 4.98 Å². The second-order valence-corrected chi connectivity index (χ2v) is 3.59. The third kappa shape index (κ3) is 2.39. The van der Waals surface area contributed by atoms with Crippen molar-refractivity contribution in [2.75, 3.05) is 6.61 Å². The number of aromatic nitrogens is 1. The molecular formula is C11H8ClF2NO. The summed E-state index contributed by atoms with van der Waals surface area (Å²) in [5.74, 6) is 0.154. The molecular weight excluding hydrogens is 236 g/mol. The molecule has 0 saturated carbocycles. The molecule has 0 radical (unpaired) electrons. The normalized spacial score (nSPS) is 11.0. The highest BCUT2D eigenvalue weighted by Gasteiger charge is 2.06. The van der Waals surface area contributed by atoms with Gasteiger partial charge >= 0.3 is 0 Å². The Hall–Kier alpha value is -1.42. The van der Waals surface area contributed by atoms with Crippen molar-refractivity contribution >= 4 is 22.4 Å². The van der Waals surface area contributed by atoms with E-state index in [2.05, 4.69) is 4.98 Å². The molecule has 2 rings (SSSR count). The van der Waals surface area contributed by atoms with Crippen LogP contribution in [0.5, 0.6) is 5.88 Å². The lowest BCUT2D eigenvalue weighted by atomic mass is 10.2. The molecule has 0 aliphatic carbocycles. The van der Waals surface area contributed by atoms with E-state index < -0.39 is 13.0 Å². The molecule has 5 heteroatoms. The molecule has 1 aromatic heterocycles. The third-order valence-corrected chi connectivity index (χ3v) is 2.37. The molecule has 0 bridgehead atoms. The van der Waals surface area contributed by atoms with Gasteiger partial charge in [-0.05, 0) is 6.07 Å². The number of hydrogen-bond donors (Lipinski definition) is 0. The van der Waals surface area contributed by atoms with Gasteiger partial charge in [0.15, 0.2) is 6.61 Å². The zero-order valence-corrected chi connectivity index (χ0v) is 8.92. The maximum Gasteiger partial charge on any atom is 0.272 e. The molecule has 0 aliphatic heterocycles. The zero-order chi connectivity index (χ0) is 11.5. The van der Waals surface area contributed by atoms with Gasteiger partial charge in [-0.1, -0.05) is 23.7 Å². The van der Waals surface area contributed by atoms with Gasteiger partial charge < -0.3 is 4.74 Å². The maximum absolute atomic E-state index is 11.9. The van der Waals surface area contributed by atoms with Crippen LogP contribution in [0.1, 0.15) is 0 Å². The van der Waals surface area contributed by atoms with E-state index in [0.29, 0.717) is 5.02 Å². The van der Waals surface area contributed by atoms with Crippen LogP contribution in [0.3, 0.4) is 0 Å². The number of ether oxygens (including phenoxy) is 1. The molecule has 2 nitrogen and oxygen atoms in total. The quantitative estimate of drug-likeness (QED) is 0.823. The van der Waals surface area contributed by atoms with E-state index in [4.69, 9.17) is 16.3 Å². The van der Waals surface area contributed by atoms with Gasteiger partial charge in [0.05, 0.1) is 0 Å². The van der Waals surface area contributed by atoms with Gasteiger partial charge in [0, 0.05) is 28.1 Å². The minimum atomic E-state index is -2.51. The van der Waals surface area contributed by atoms with E-state index in [9.17, 15) is 8.78 Å². The lowest BCUT2D eigenvalue weighted by Gasteiger charge is -2.06. The first-order valence-corrected chi connectivity index (χ1v) is 5.00. The van der Waals surface area contributed by atoms with Crippen LogP contribution in [-0.2, 0) is 0 Å². The molecule has 0 aliphatic rings. The molecule has 0 atom stereocenters. The average molecular weight is 244 g/mol. The van der Waals surface area contributed by atoms with Gasteiger partial charge in [-0.3, -0.25) is 0 Å². The van der Waals surface area contributed by atoms with Crippen LogP contribution in [0.25, 0.3) is 10.8 Å². The van der Waals surface area contributed by atoms with E-state index in [1.807, 2.05) is 6.07 Å². The Bertz CT molecular complexity index is 504. The highest BCUT2D eigenvalue weighted by Crippen LogP contribution is 2.25. The standard InChI is InChI=1S/C11H8ClF2NO/c12-9-3-1-2-7-5-15-11(4-8(7)9)16-6-10(13)14/h1-5,10H,6H2. The number of pyridine rings is 1. The Morgan fingerprint density at radius 2 is 2.19 bits per heavy atom. The molecule has 0 unspecified atom stereocenters. The Morgan fingerprint density at radius 1 is 1.38 bits per heavy atom. The van der Waals surface area contributed by atoms with Gasteiger partial charge in [0.25, 0.3) is 6.43 Å². The first kappa shape index (κ1) is 11.1. The number of fused-ring (bicyclic) bond motifs is 1. The van der Waals surface area contributed by atoms with E-state index in [1.54, 1.807) is 24.4 Å². The summed E-state index contributed by atoms with van der Waals surface area (Å²) >= 11 is 5.96. The Kier molecular flexibility index (Phi) is 3.19. The summed E-state index contributed by atoms with van der Waals surface area (Å²) in [6.45, 7) is -0.664. The second kappa shape index (κ2) is 4.61. The summed E-state index contributed by atoms with van der Waals surface area (Å²) in [5.41, 5.74) is 0. The Morgan fingerprint density at radius 3 is 2.94 bits per heavy atom. The lowest BCUT2D eigenvalue weighted by Crippen LogP contribution is -2.07. The van der Waals surface area contributed by atoms with Crippen LogP contribution in [0, 0.1) is 0 Å². The zero-order valence-electron chi connectivity index (χ0n) is 8.16. The van der Waals surface area contributed by atoms with Gasteiger partial charge in [0.1, 0.15) is 0 Å². The number of halogens is 3. The van der Waals surface area contributed by atoms with Crippen LogP contribution < -0.4 is 4.74 Å². The number of benzene rings is 1. The molecule has 84 valence electrons. The lowest BCUT2D eigenvalue weighted by molar-refractivity contribution is 0.0797.